The topological polar surface area (TPSA) is 101 Å². The van der Waals surface area contributed by atoms with Crippen LogP contribution in [0.3, 0.4) is 0 Å². The number of aromatic amines is 1. The molecule has 2 aromatic carbocycles. The summed E-state index contributed by atoms with van der Waals surface area (Å²) in [5.41, 5.74) is 2.24. The van der Waals surface area contributed by atoms with Gasteiger partial charge < -0.3 is 19.3 Å². The van der Waals surface area contributed by atoms with E-state index >= 15 is 0 Å². The smallest absolute Gasteiger partial charge is 0.264 e. The molecule has 0 saturated heterocycles. The van der Waals surface area contributed by atoms with E-state index in [2.05, 4.69) is 30.8 Å². The Morgan fingerprint density at radius 1 is 1.34 bits per heavy atom. The number of hydrogen-bond donors (Lipinski definition) is 2. The van der Waals surface area contributed by atoms with Crippen molar-refractivity contribution in [1.29, 1.82) is 0 Å². The van der Waals surface area contributed by atoms with Crippen LogP contribution in [0, 0.1) is 4.77 Å². The molecular weight excluding hydrogens is 536 g/mol. The Morgan fingerprint density at radius 3 is 2.86 bits per heavy atom. The lowest BCUT2D eigenvalue weighted by atomic mass is 9.91. The Bertz CT molecular complexity index is 1430. The largest absolute Gasteiger partial charge is 0.494 e. The molecule has 2 N–H and O–H groups in total. The lowest BCUT2D eigenvalue weighted by Gasteiger charge is -2.35. The second kappa shape index (κ2) is 9.48. The molecule has 35 heavy (non-hydrogen) atoms. The molecule has 0 bridgehead atoms. The zero-order chi connectivity index (χ0) is 24.7. The Balaban J connectivity index is 1.50. The summed E-state index contributed by atoms with van der Waals surface area (Å²) in [5.74, 6) is 1.65. The van der Waals surface area contributed by atoms with Crippen LogP contribution in [0.1, 0.15) is 22.7 Å². The van der Waals surface area contributed by atoms with E-state index in [1.54, 1.807) is 19.2 Å². The Morgan fingerprint density at radius 2 is 2.11 bits per heavy atom. The lowest BCUT2D eigenvalue weighted by molar-refractivity contribution is 0.170. The van der Waals surface area contributed by atoms with E-state index in [1.165, 1.54) is 10.8 Å². The maximum Gasteiger partial charge on any atom is 0.264 e. The van der Waals surface area contributed by atoms with Crippen LogP contribution in [0.4, 0.5) is 0 Å². The first-order valence-electron chi connectivity index (χ1n) is 10.9. The fourth-order valence-corrected chi connectivity index (χ4v) is 5.03. The molecule has 11 heteroatoms. The summed E-state index contributed by atoms with van der Waals surface area (Å²) in [7, 11) is 3.63. The summed E-state index contributed by atoms with van der Waals surface area (Å²) in [6, 6.07) is 9.10. The minimum absolute atomic E-state index is 0.0258. The molecule has 1 atom stereocenters. The highest BCUT2D eigenvalue weighted by Gasteiger charge is 2.33. The summed E-state index contributed by atoms with van der Waals surface area (Å²) in [5, 5.41) is 10.9. The van der Waals surface area contributed by atoms with Crippen molar-refractivity contribution in [2.75, 3.05) is 34.0 Å². The molecular formula is C24H23BrN4O5S. The number of hydrogen-bond acceptors (Lipinski definition) is 8. The number of likely N-dealkylation sites (N-methyl/N-ethyl adjacent to an activating group) is 1. The van der Waals surface area contributed by atoms with Gasteiger partial charge in [0.05, 0.1) is 25.4 Å². The number of aliphatic imine (C=N–C) groups is 1. The van der Waals surface area contributed by atoms with Crippen molar-refractivity contribution in [1.82, 2.24) is 14.5 Å². The van der Waals surface area contributed by atoms with E-state index in [9.17, 15) is 9.90 Å². The predicted molar refractivity (Wildman–Crippen MR) is 137 cm³/mol. The van der Waals surface area contributed by atoms with Gasteiger partial charge in [0.2, 0.25) is 18.4 Å². The highest BCUT2D eigenvalue weighted by atomic mass is 79.9. The average Bonchev–Trinajstić information content (AvgIpc) is 3.30. The van der Waals surface area contributed by atoms with Gasteiger partial charge in [0.25, 0.3) is 5.56 Å². The number of benzene rings is 2. The number of nitrogens with zero attached hydrogens (tertiary/aromatic N) is 3. The number of methoxy groups -OCH3 is 1. The first kappa shape index (κ1) is 23.6. The molecule has 9 nitrogen and oxygen atoms in total. The number of nitrogens with one attached hydrogen (secondary N) is 1. The Kier molecular flexibility index (Phi) is 6.39. The monoisotopic (exact) mass is 558 g/mol. The number of H-pyrrole nitrogens is 1. The Hall–Kier alpha value is -3.15. The zero-order valence-corrected chi connectivity index (χ0v) is 21.5. The highest BCUT2D eigenvalue weighted by molar-refractivity contribution is 9.10. The third kappa shape index (κ3) is 4.24. The van der Waals surface area contributed by atoms with E-state index in [1.807, 2.05) is 25.2 Å². The number of halogens is 1. The van der Waals surface area contributed by atoms with Gasteiger partial charge in [-0.15, -0.1) is 0 Å². The number of ether oxygens (including phenoxy) is 3. The molecule has 0 spiro atoms. The van der Waals surface area contributed by atoms with Crippen molar-refractivity contribution in [3.8, 4) is 28.8 Å². The van der Waals surface area contributed by atoms with E-state index in [-0.39, 0.29) is 29.0 Å². The molecule has 182 valence electrons. The second-order valence-corrected chi connectivity index (χ2v) is 9.57. The van der Waals surface area contributed by atoms with E-state index in [0.717, 1.165) is 28.6 Å². The number of aromatic hydroxyl groups is 1. The van der Waals surface area contributed by atoms with Gasteiger partial charge in [-0.25, -0.2) is 0 Å². The predicted octanol–water partition coefficient (Wildman–Crippen LogP) is 3.75. The molecule has 0 aliphatic carbocycles. The van der Waals surface area contributed by atoms with Gasteiger partial charge in [-0.1, -0.05) is 15.9 Å². The molecule has 2 aliphatic rings. The summed E-state index contributed by atoms with van der Waals surface area (Å²) in [6.45, 7) is 1.33. The third-order valence-corrected chi connectivity index (χ3v) is 7.06. The van der Waals surface area contributed by atoms with Crippen LogP contribution in [0.2, 0.25) is 0 Å². The maximum absolute atomic E-state index is 12.6. The molecule has 2 aliphatic heterocycles. The van der Waals surface area contributed by atoms with Gasteiger partial charge in [0.1, 0.15) is 5.56 Å². The van der Waals surface area contributed by atoms with Crippen LogP contribution in [0.5, 0.6) is 23.1 Å². The maximum atomic E-state index is 12.6. The minimum Gasteiger partial charge on any atom is -0.494 e. The summed E-state index contributed by atoms with van der Waals surface area (Å²) in [4.78, 5) is 22.0. The molecule has 0 saturated carbocycles. The standard InChI is InChI=1S/C24H23BrN4O5S/c1-28-8-7-13-9-18-20(34-12-33-18)21(32-2)19(13)17(28)11-26-10-16-22(30)27-24(35)29(23(16)31)15-5-3-14(25)4-6-15/h3-6,9-10,17,31H,7-8,11-12H2,1-2H3,(H,27,30,35)/t17-/m0/s1. The Labute approximate surface area is 214 Å². The fraction of sp³-hybridized carbons (Fsp3) is 0.292. The molecule has 3 heterocycles. The fourth-order valence-electron chi connectivity index (χ4n) is 4.48. The zero-order valence-electron chi connectivity index (χ0n) is 19.1. The van der Waals surface area contributed by atoms with Crippen LogP contribution < -0.4 is 19.8 Å². The van der Waals surface area contributed by atoms with Crippen molar-refractivity contribution in [3.63, 3.8) is 0 Å². The molecule has 0 unspecified atom stereocenters. The average molecular weight is 559 g/mol. The van der Waals surface area contributed by atoms with E-state index < -0.39 is 5.56 Å². The first-order valence-corrected chi connectivity index (χ1v) is 12.1. The van der Waals surface area contributed by atoms with Crippen molar-refractivity contribution >= 4 is 34.4 Å². The molecule has 0 fully saturated rings. The quantitative estimate of drug-likeness (QED) is 0.363. The highest BCUT2D eigenvalue weighted by Crippen LogP contribution is 2.49. The summed E-state index contributed by atoms with van der Waals surface area (Å²) in [6.07, 6.45) is 2.23. The third-order valence-electron chi connectivity index (χ3n) is 6.25. The van der Waals surface area contributed by atoms with Gasteiger partial charge in [0.15, 0.2) is 16.3 Å². The second-order valence-electron chi connectivity index (χ2n) is 8.27. The van der Waals surface area contributed by atoms with Crippen molar-refractivity contribution in [2.45, 2.75) is 12.5 Å². The van der Waals surface area contributed by atoms with Crippen LogP contribution in [0.25, 0.3) is 5.69 Å². The van der Waals surface area contributed by atoms with Crippen LogP contribution in [-0.4, -0.2) is 59.8 Å². The summed E-state index contributed by atoms with van der Waals surface area (Å²) >= 11 is 8.68. The first-order chi connectivity index (χ1) is 16.9. The minimum atomic E-state index is -0.511. The van der Waals surface area contributed by atoms with Gasteiger partial charge >= 0.3 is 0 Å². The van der Waals surface area contributed by atoms with Crippen LogP contribution in [0.15, 0.2) is 44.6 Å². The summed E-state index contributed by atoms with van der Waals surface area (Å²) < 4.78 is 19.3. The SMILES string of the molecule is COc1c2c(cc3c1[C@H](CN=Cc1c(O)n(-c4ccc(Br)cc4)c(=S)[nH]c1=O)N(C)CC3)OCO2. The normalized spacial score (nSPS) is 17.1. The van der Waals surface area contributed by atoms with Crippen LogP contribution >= 0.6 is 28.1 Å². The number of fused-ring (bicyclic) bond motifs is 2. The number of rotatable bonds is 5. The van der Waals surface area contributed by atoms with Crippen molar-refractivity contribution < 1.29 is 19.3 Å². The van der Waals surface area contributed by atoms with Crippen LogP contribution in [-0.2, 0) is 6.42 Å². The number of aromatic nitrogens is 2. The molecule has 0 amide bonds. The molecule has 5 rings (SSSR count). The molecule has 0 radical (unpaired) electrons. The van der Waals surface area contributed by atoms with Gasteiger partial charge in [-0.05, 0) is 61.6 Å². The van der Waals surface area contributed by atoms with E-state index in [4.69, 9.17) is 26.4 Å². The van der Waals surface area contributed by atoms with E-state index in [0.29, 0.717) is 29.5 Å². The molecule has 1 aromatic heterocycles. The lowest BCUT2D eigenvalue weighted by Crippen LogP contribution is -2.34. The van der Waals surface area contributed by atoms with Crippen molar-refractivity contribution in [3.05, 3.63) is 66.6 Å². The van der Waals surface area contributed by atoms with Gasteiger partial charge in [0, 0.05) is 22.8 Å². The van der Waals surface area contributed by atoms with Gasteiger partial charge in [-0.2, -0.15) is 0 Å². The van der Waals surface area contributed by atoms with Crippen molar-refractivity contribution in [2.24, 2.45) is 4.99 Å². The molecule has 3 aromatic rings. The van der Waals surface area contributed by atoms with Gasteiger partial charge in [-0.3, -0.25) is 24.2 Å².